The van der Waals surface area contributed by atoms with Gasteiger partial charge in [0.05, 0.1) is 12.5 Å². The Morgan fingerprint density at radius 1 is 1.65 bits per heavy atom. The summed E-state index contributed by atoms with van der Waals surface area (Å²) in [6.07, 6.45) is 4.40. The number of amides is 1. The number of nitrogens with one attached hydrogen (secondary N) is 1. The van der Waals surface area contributed by atoms with E-state index < -0.39 is 0 Å². The molecule has 1 saturated carbocycles. The van der Waals surface area contributed by atoms with Crippen LogP contribution in [0.5, 0.6) is 5.88 Å². The zero-order valence-electron chi connectivity index (χ0n) is 9.90. The van der Waals surface area contributed by atoms with Gasteiger partial charge in [-0.2, -0.15) is 0 Å². The van der Waals surface area contributed by atoms with Crippen LogP contribution in [-0.4, -0.2) is 24.5 Å². The second kappa shape index (κ2) is 4.71. The predicted octanol–water partition coefficient (Wildman–Crippen LogP) is 1.16. The number of methoxy groups -OCH3 is 1. The molecule has 1 aliphatic rings. The van der Waals surface area contributed by atoms with Crippen LogP contribution in [0.2, 0.25) is 0 Å². The number of carbonyl (C=O) groups is 1. The molecular weight excluding hydrogens is 218 g/mol. The van der Waals surface area contributed by atoms with Gasteiger partial charge in [-0.05, 0) is 25.0 Å². The van der Waals surface area contributed by atoms with E-state index in [1.807, 2.05) is 0 Å². The van der Waals surface area contributed by atoms with Gasteiger partial charge in [0.25, 0.3) is 0 Å². The highest BCUT2D eigenvalue weighted by molar-refractivity contribution is 5.97. The van der Waals surface area contributed by atoms with E-state index in [1.165, 1.54) is 7.11 Å². The molecule has 1 amide bonds. The molecule has 1 aromatic heterocycles. The molecule has 5 heteroatoms. The zero-order valence-corrected chi connectivity index (χ0v) is 9.90. The molecule has 0 bridgehead atoms. The Morgan fingerprint density at radius 2 is 2.41 bits per heavy atom. The summed E-state index contributed by atoms with van der Waals surface area (Å²) in [6.45, 7) is 0.390. The zero-order chi connectivity index (χ0) is 12.3. The Labute approximate surface area is 100 Å². The number of anilines is 1. The smallest absolute Gasteiger partial charge is 0.237 e. The number of hydrogen-bond acceptors (Lipinski definition) is 4. The van der Waals surface area contributed by atoms with Crippen LogP contribution in [0.15, 0.2) is 18.3 Å². The second-order valence-corrected chi connectivity index (χ2v) is 4.35. The number of nitrogens with zero attached hydrogens (tertiary/aromatic N) is 1. The largest absolute Gasteiger partial charge is 0.480 e. The fourth-order valence-corrected chi connectivity index (χ4v) is 2.03. The van der Waals surface area contributed by atoms with E-state index in [0.29, 0.717) is 18.1 Å². The van der Waals surface area contributed by atoms with Crippen molar-refractivity contribution in [3.63, 3.8) is 0 Å². The van der Waals surface area contributed by atoms with E-state index in [0.717, 1.165) is 19.3 Å². The molecule has 2 rings (SSSR count). The van der Waals surface area contributed by atoms with E-state index in [2.05, 4.69) is 10.3 Å². The first-order valence-corrected chi connectivity index (χ1v) is 5.72. The average molecular weight is 235 g/mol. The lowest BCUT2D eigenvalue weighted by molar-refractivity contribution is -0.129. The van der Waals surface area contributed by atoms with Crippen LogP contribution < -0.4 is 15.8 Å². The number of nitrogens with two attached hydrogens (primary N) is 1. The standard InChI is InChI=1S/C12H17N3O2/c1-17-10-9(4-2-7-14-10)15-11(16)12(8-13)5-3-6-12/h2,4,7H,3,5-6,8,13H2,1H3,(H,15,16). The van der Waals surface area contributed by atoms with Gasteiger partial charge in [0.1, 0.15) is 5.69 Å². The van der Waals surface area contributed by atoms with Crippen molar-refractivity contribution in [3.05, 3.63) is 18.3 Å². The molecule has 1 aliphatic carbocycles. The Balaban J connectivity index is 2.12. The highest BCUT2D eigenvalue weighted by atomic mass is 16.5. The van der Waals surface area contributed by atoms with Gasteiger partial charge >= 0.3 is 0 Å². The normalized spacial score (nSPS) is 17.1. The monoisotopic (exact) mass is 235 g/mol. The molecule has 0 unspecified atom stereocenters. The molecule has 1 fully saturated rings. The third-order valence-electron chi connectivity index (χ3n) is 3.40. The van der Waals surface area contributed by atoms with Gasteiger partial charge in [0.2, 0.25) is 11.8 Å². The highest BCUT2D eigenvalue weighted by Crippen LogP contribution is 2.41. The third-order valence-corrected chi connectivity index (χ3v) is 3.40. The van der Waals surface area contributed by atoms with Gasteiger partial charge in [-0.3, -0.25) is 4.79 Å². The number of hydrogen-bond donors (Lipinski definition) is 2. The van der Waals surface area contributed by atoms with Crippen molar-refractivity contribution in [1.82, 2.24) is 4.98 Å². The van der Waals surface area contributed by atoms with Crippen molar-refractivity contribution >= 4 is 11.6 Å². The molecule has 17 heavy (non-hydrogen) atoms. The van der Waals surface area contributed by atoms with Crippen LogP contribution in [0.25, 0.3) is 0 Å². The Morgan fingerprint density at radius 3 is 2.94 bits per heavy atom. The molecule has 3 N–H and O–H groups in total. The van der Waals surface area contributed by atoms with Gasteiger partial charge in [0, 0.05) is 12.7 Å². The van der Waals surface area contributed by atoms with E-state index in [1.54, 1.807) is 18.3 Å². The summed E-state index contributed by atoms with van der Waals surface area (Å²) < 4.78 is 5.09. The molecule has 0 aliphatic heterocycles. The van der Waals surface area contributed by atoms with Crippen molar-refractivity contribution in [2.75, 3.05) is 19.0 Å². The lowest BCUT2D eigenvalue weighted by Gasteiger charge is -2.39. The summed E-state index contributed by atoms with van der Waals surface area (Å²) >= 11 is 0. The predicted molar refractivity (Wildman–Crippen MR) is 64.8 cm³/mol. The van der Waals surface area contributed by atoms with Crippen LogP contribution >= 0.6 is 0 Å². The Bertz CT molecular complexity index is 410. The van der Waals surface area contributed by atoms with Crippen LogP contribution in [0, 0.1) is 5.41 Å². The summed E-state index contributed by atoms with van der Waals surface area (Å²) in [6, 6.07) is 3.53. The number of aromatic nitrogens is 1. The lowest BCUT2D eigenvalue weighted by Crippen LogP contribution is -2.47. The topological polar surface area (TPSA) is 77.2 Å². The molecule has 1 aromatic rings. The van der Waals surface area contributed by atoms with Crippen molar-refractivity contribution in [2.24, 2.45) is 11.1 Å². The Kier molecular flexibility index (Phi) is 3.28. The van der Waals surface area contributed by atoms with Crippen molar-refractivity contribution in [3.8, 4) is 5.88 Å². The quantitative estimate of drug-likeness (QED) is 0.821. The fraction of sp³-hybridized carbons (Fsp3) is 0.500. The van der Waals surface area contributed by atoms with Crippen LogP contribution in [0.4, 0.5) is 5.69 Å². The van der Waals surface area contributed by atoms with E-state index in [4.69, 9.17) is 10.5 Å². The van der Waals surface area contributed by atoms with Gasteiger partial charge < -0.3 is 15.8 Å². The van der Waals surface area contributed by atoms with E-state index in [9.17, 15) is 4.79 Å². The first kappa shape index (κ1) is 11.9. The lowest BCUT2D eigenvalue weighted by atomic mass is 9.68. The summed E-state index contributed by atoms with van der Waals surface area (Å²) in [5.74, 6) is 0.393. The maximum Gasteiger partial charge on any atom is 0.237 e. The minimum Gasteiger partial charge on any atom is -0.480 e. The first-order chi connectivity index (χ1) is 8.22. The van der Waals surface area contributed by atoms with E-state index >= 15 is 0 Å². The fourth-order valence-electron chi connectivity index (χ4n) is 2.03. The number of carbonyl (C=O) groups excluding carboxylic acids is 1. The molecule has 0 aromatic carbocycles. The van der Waals surface area contributed by atoms with Gasteiger partial charge in [0.15, 0.2) is 0 Å². The summed E-state index contributed by atoms with van der Waals surface area (Å²) in [5, 5.41) is 2.85. The summed E-state index contributed by atoms with van der Waals surface area (Å²) in [4.78, 5) is 16.2. The minimum atomic E-state index is -0.388. The van der Waals surface area contributed by atoms with Gasteiger partial charge in [-0.25, -0.2) is 4.98 Å². The Hall–Kier alpha value is -1.62. The minimum absolute atomic E-state index is 0.0300. The first-order valence-electron chi connectivity index (χ1n) is 5.72. The summed E-state index contributed by atoms with van der Waals surface area (Å²) in [7, 11) is 1.53. The molecule has 0 saturated heterocycles. The van der Waals surface area contributed by atoms with Gasteiger partial charge in [-0.1, -0.05) is 6.42 Å². The number of rotatable bonds is 4. The average Bonchev–Trinajstić information content (AvgIpc) is 2.29. The van der Waals surface area contributed by atoms with E-state index in [-0.39, 0.29) is 11.3 Å². The molecule has 1 heterocycles. The van der Waals surface area contributed by atoms with Crippen LogP contribution in [0.1, 0.15) is 19.3 Å². The van der Waals surface area contributed by atoms with Crippen LogP contribution in [0.3, 0.4) is 0 Å². The summed E-state index contributed by atoms with van der Waals surface area (Å²) in [5.41, 5.74) is 5.90. The van der Waals surface area contributed by atoms with Crippen LogP contribution in [-0.2, 0) is 4.79 Å². The SMILES string of the molecule is COc1ncccc1NC(=O)C1(CN)CCC1. The maximum absolute atomic E-state index is 12.1. The maximum atomic E-state index is 12.1. The van der Waals surface area contributed by atoms with Crippen molar-refractivity contribution < 1.29 is 9.53 Å². The second-order valence-electron chi connectivity index (χ2n) is 4.35. The third kappa shape index (κ3) is 2.10. The molecule has 92 valence electrons. The van der Waals surface area contributed by atoms with Gasteiger partial charge in [-0.15, -0.1) is 0 Å². The molecule has 0 atom stereocenters. The molecule has 0 spiro atoms. The number of ether oxygens (including phenoxy) is 1. The number of pyridine rings is 1. The van der Waals surface area contributed by atoms with Crippen molar-refractivity contribution in [1.29, 1.82) is 0 Å². The molecular formula is C12H17N3O2. The molecule has 5 nitrogen and oxygen atoms in total. The highest BCUT2D eigenvalue weighted by Gasteiger charge is 2.43. The van der Waals surface area contributed by atoms with Crippen molar-refractivity contribution in [2.45, 2.75) is 19.3 Å². The molecule has 0 radical (unpaired) electrons.